The summed E-state index contributed by atoms with van der Waals surface area (Å²) in [5, 5.41) is 14.2. The first-order chi connectivity index (χ1) is 8.61. The minimum Gasteiger partial charge on any atom is -0.324 e. The van der Waals surface area contributed by atoms with E-state index < -0.39 is 0 Å². The van der Waals surface area contributed by atoms with E-state index in [1.54, 1.807) is 12.1 Å². The number of carbonyl (C=O) groups excluding carboxylic acids is 1. The number of nitrogens with zero attached hydrogens (tertiary/aromatic N) is 1. The molecule has 1 N–H and O–H groups in total. The van der Waals surface area contributed by atoms with Gasteiger partial charge in [0.25, 0.3) is 0 Å². The molecule has 1 aromatic carbocycles. The molecular formula is C13H9ClN2OS. The smallest absolute Gasteiger partial charge is 0.221 e. The van der Waals surface area contributed by atoms with Crippen molar-refractivity contribution in [1.82, 2.24) is 0 Å². The number of rotatable bonds is 2. The molecule has 0 aliphatic heterocycles. The molecule has 0 aliphatic rings. The lowest BCUT2D eigenvalue weighted by Gasteiger charge is -2.05. The predicted molar refractivity (Wildman–Crippen MR) is 73.8 cm³/mol. The van der Waals surface area contributed by atoms with Gasteiger partial charge >= 0.3 is 0 Å². The monoisotopic (exact) mass is 276 g/mol. The Morgan fingerprint density at radius 2 is 2.28 bits per heavy atom. The maximum Gasteiger partial charge on any atom is 0.221 e. The fourth-order valence-electron chi connectivity index (χ4n) is 1.61. The zero-order chi connectivity index (χ0) is 13.1. The predicted octanol–water partition coefficient (Wildman–Crippen LogP) is 3.90. The molecule has 0 bridgehead atoms. The van der Waals surface area contributed by atoms with E-state index >= 15 is 0 Å². The average molecular weight is 277 g/mol. The van der Waals surface area contributed by atoms with Crippen LogP contribution in [-0.2, 0) is 4.79 Å². The number of carbonyl (C=O) groups is 1. The summed E-state index contributed by atoms with van der Waals surface area (Å²) in [6.45, 7) is 1.42. The Balaban J connectivity index is 2.54. The number of hydrogen-bond acceptors (Lipinski definition) is 3. The van der Waals surface area contributed by atoms with Gasteiger partial charge in [0, 0.05) is 22.9 Å². The number of nitriles is 1. The molecule has 0 saturated heterocycles. The van der Waals surface area contributed by atoms with Gasteiger partial charge in [-0.25, -0.2) is 0 Å². The highest BCUT2D eigenvalue weighted by Crippen LogP contribution is 2.36. The zero-order valence-corrected chi connectivity index (χ0v) is 11.1. The Morgan fingerprint density at radius 1 is 1.50 bits per heavy atom. The molecule has 5 heteroatoms. The van der Waals surface area contributed by atoms with Crippen LogP contribution in [0.5, 0.6) is 0 Å². The summed E-state index contributed by atoms with van der Waals surface area (Å²) in [4.78, 5) is 11.7. The molecule has 0 unspecified atom stereocenters. The lowest BCUT2D eigenvalue weighted by atomic mass is 10.1. The number of benzene rings is 1. The molecule has 0 spiro atoms. The number of amides is 1. The van der Waals surface area contributed by atoms with Gasteiger partial charge in [0.1, 0.15) is 10.9 Å². The van der Waals surface area contributed by atoms with Crippen LogP contribution >= 0.6 is 22.9 Å². The van der Waals surface area contributed by atoms with Crippen molar-refractivity contribution in [2.75, 3.05) is 5.32 Å². The molecule has 2 aromatic rings. The lowest BCUT2D eigenvalue weighted by molar-refractivity contribution is -0.114. The van der Waals surface area contributed by atoms with Crippen LogP contribution in [0.2, 0.25) is 5.02 Å². The van der Waals surface area contributed by atoms with Gasteiger partial charge in [0.15, 0.2) is 0 Å². The highest BCUT2D eigenvalue weighted by molar-refractivity contribution is 7.11. The van der Waals surface area contributed by atoms with E-state index in [1.807, 2.05) is 17.5 Å². The fraction of sp³-hybridized carbons (Fsp3) is 0.0769. The van der Waals surface area contributed by atoms with Gasteiger partial charge in [-0.15, -0.1) is 11.3 Å². The van der Waals surface area contributed by atoms with Crippen molar-refractivity contribution in [2.45, 2.75) is 6.92 Å². The van der Waals surface area contributed by atoms with Crippen molar-refractivity contribution >= 4 is 34.5 Å². The number of anilines is 1. The van der Waals surface area contributed by atoms with E-state index in [2.05, 4.69) is 11.4 Å². The van der Waals surface area contributed by atoms with Crippen LogP contribution in [0.3, 0.4) is 0 Å². The van der Waals surface area contributed by atoms with Crippen LogP contribution < -0.4 is 5.32 Å². The quantitative estimate of drug-likeness (QED) is 0.904. The van der Waals surface area contributed by atoms with E-state index in [4.69, 9.17) is 16.9 Å². The van der Waals surface area contributed by atoms with Crippen LogP contribution in [0.1, 0.15) is 11.8 Å². The lowest BCUT2D eigenvalue weighted by Crippen LogP contribution is -2.06. The Labute approximate surface area is 114 Å². The van der Waals surface area contributed by atoms with Gasteiger partial charge in [0.2, 0.25) is 5.91 Å². The maximum atomic E-state index is 11.2. The SMILES string of the molecule is CC(=O)Nc1c(-c2cccc(Cl)c2)csc1C#N. The van der Waals surface area contributed by atoms with Gasteiger partial charge in [0.05, 0.1) is 5.69 Å². The molecule has 0 aliphatic carbocycles. The van der Waals surface area contributed by atoms with Crippen LogP contribution in [0.4, 0.5) is 5.69 Å². The highest BCUT2D eigenvalue weighted by atomic mass is 35.5. The first-order valence-corrected chi connectivity index (χ1v) is 6.42. The topological polar surface area (TPSA) is 52.9 Å². The Morgan fingerprint density at radius 3 is 2.89 bits per heavy atom. The van der Waals surface area contributed by atoms with Crippen molar-refractivity contribution in [3.8, 4) is 17.2 Å². The van der Waals surface area contributed by atoms with Crippen LogP contribution in [0, 0.1) is 11.3 Å². The van der Waals surface area contributed by atoms with Gasteiger partial charge in [-0.05, 0) is 17.7 Å². The summed E-state index contributed by atoms with van der Waals surface area (Å²) >= 11 is 7.24. The largest absolute Gasteiger partial charge is 0.324 e. The summed E-state index contributed by atoms with van der Waals surface area (Å²) in [6.07, 6.45) is 0. The summed E-state index contributed by atoms with van der Waals surface area (Å²) < 4.78 is 0. The zero-order valence-electron chi connectivity index (χ0n) is 9.53. The van der Waals surface area contributed by atoms with E-state index in [0.29, 0.717) is 15.6 Å². The first-order valence-electron chi connectivity index (χ1n) is 5.17. The number of nitrogens with one attached hydrogen (secondary N) is 1. The van der Waals surface area contributed by atoms with E-state index in [-0.39, 0.29) is 5.91 Å². The number of hydrogen-bond donors (Lipinski definition) is 1. The van der Waals surface area contributed by atoms with Gasteiger partial charge in [-0.1, -0.05) is 23.7 Å². The van der Waals surface area contributed by atoms with Crippen LogP contribution in [-0.4, -0.2) is 5.91 Å². The van der Waals surface area contributed by atoms with Crippen molar-refractivity contribution < 1.29 is 4.79 Å². The van der Waals surface area contributed by atoms with Crippen molar-refractivity contribution in [1.29, 1.82) is 5.26 Å². The standard InChI is InChI=1S/C13H9ClN2OS/c1-8(17)16-13-11(7-18-12(13)6-15)9-3-2-4-10(14)5-9/h2-5,7H,1H3,(H,16,17). The Bertz CT molecular complexity index is 643. The second kappa shape index (κ2) is 5.21. The minimum atomic E-state index is -0.201. The Kier molecular flexibility index (Phi) is 3.66. The molecule has 2 rings (SSSR count). The van der Waals surface area contributed by atoms with E-state index in [9.17, 15) is 4.79 Å². The molecule has 0 saturated carbocycles. The third kappa shape index (κ3) is 2.53. The number of halogens is 1. The molecule has 1 amide bonds. The van der Waals surface area contributed by atoms with Gasteiger partial charge in [-0.2, -0.15) is 5.26 Å². The molecule has 3 nitrogen and oxygen atoms in total. The molecular weight excluding hydrogens is 268 g/mol. The summed E-state index contributed by atoms with van der Waals surface area (Å²) in [7, 11) is 0. The van der Waals surface area contributed by atoms with E-state index in [1.165, 1.54) is 18.3 Å². The van der Waals surface area contributed by atoms with Gasteiger partial charge in [-0.3, -0.25) is 4.79 Å². The van der Waals surface area contributed by atoms with Gasteiger partial charge < -0.3 is 5.32 Å². The van der Waals surface area contributed by atoms with Crippen molar-refractivity contribution in [3.05, 3.63) is 39.5 Å². The summed E-state index contributed by atoms with van der Waals surface area (Å²) in [5.41, 5.74) is 2.25. The summed E-state index contributed by atoms with van der Waals surface area (Å²) in [6, 6.07) is 9.38. The molecule has 90 valence electrons. The fourth-order valence-corrected chi connectivity index (χ4v) is 2.62. The second-order valence-electron chi connectivity index (χ2n) is 3.66. The van der Waals surface area contributed by atoms with Crippen LogP contribution in [0.25, 0.3) is 11.1 Å². The molecule has 0 atom stereocenters. The molecule has 1 heterocycles. The van der Waals surface area contributed by atoms with Crippen molar-refractivity contribution in [2.24, 2.45) is 0 Å². The molecule has 0 radical (unpaired) electrons. The number of thiophene rings is 1. The minimum absolute atomic E-state index is 0.201. The second-order valence-corrected chi connectivity index (χ2v) is 4.97. The summed E-state index contributed by atoms with van der Waals surface area (Å²) in [5.74, 6) is -0.201. The van der Waals surface area contributed by atoms with Crippen molar-refractivity contribution in [3.63, 3.8) is 0 Å². The maximum absolute atomic E-state index is 11.2. The first kappa shape index (κ1) is 12.6. The molecule has 1 aromatic heterocycles. The van der Waals surface area contributed by atoms with Crippen LogP contribution in [0.15, 0.2) is 29.6 Å². The third-order valence-electron chi connectivity index (χ3n) is 2.33. The Hall–Kier alpha value is -1.83. The average Bonchev–Trinajstić information content (AvgIpc) is 2.71. The molecule has 18 heavy (non-hydrogen) atoms. The van der Waals surface area contributed by atoms with E-state index in [0.717, 1.165) is 11.1 Å². The molecule has 0 fully saturated rings. The normalized spacial score (nSPS) is 9.83. The highest BCUT2D eigenvalue weighted by Gasteiger charge is 2.14. The third-order valence-corrected chi connectivity index (χ3v) is 3.45.